The molecular formula is C22H31N5O. The molecule has 28 heavy (non-hydrogen) atoms. The Balaban J connectivity index is 1.73. The SMILES string of the molecule is C=C1CC[C@H]2[C@H](CN=[N+]=[N-])[C@@H]([C@@]3(C)Cc4nccnc4C[C@@H]3CO)CC[C@]12C. The second-order valence-electron chi connectivity index (χ2n) is 9.60. The highest BCUT2D eigenvalue weighted by atomic mass is 16.3. The minimum Gasteiger partial charge on any atom is -0.396 e. The molecule has 0 amide bonds. The Morgan fingerprint density at radius 2 is 2.00 bits per heavy atom. The summed E-state index contributed by atoms with van der Waals surface area (Å²) in [4.78, 5) is 12.2. The van der Waals surface area contributed by atoms with Gasteiger partial charge in [-0.2, -0.15) is 0 Å². The van der Waals surface area contributed by atoms with E-state index in [4.69, 9.17) is 5.53 Å². The number of fused-ring (bicyclic) bond motifs is 2. The van der Waals surface area contributed by atoms with E-state index in [-0.39, 0.29) is 23.4 Å². The molecule has 2 fully saturated rings. The molecule has 0 aromatic carbocycles. The van der Waals surface area contributed by atoms with Crippen LogP contribution in [0.1, 0.15) is 50.9 Å². The van der Waals surface area contributed by atoms with Gasteiger partial charge in [-0.25, -0.2) is 0 Å². The van der Waals surface area contributed by atoms with Crippen molar-refractivity contribution in [2.75, 3.05) is 13.2 Å². The molecule has 3 aliphatic carbocycles. The fourth-order valence-electron chi connectivity index (χ4n) is 6.79. The molecule has 1 aromatic heterocycles. The van der Waals surface area contributed by atoms with E-state index in [0.717, 1.165) is 49.9 Å². The highest BCUT2D eigenvalue weighted by molar-refractivity contribution is 5.24. The molecule has 0 aliphatic heterocycles. The Morgan fingerprint density at radius 1 is 1.25 bits per heavy atom. The van der Waals surface area contributed by atoms with E-state index in [0.29, 0.717) is 24.3 Å². The second kappa shape index (κ2) is 7.16. The molecule has 1 aromatic rings. The predicted molar refractivity (Wildman–Crippen MR) is 108 cm³/mol. The van der Waals surface area contributed by atoms with Gasteiger partial charge in [0, 0.05) is 30.5 Å². The predicted octanol–water partition coefficient (Wildman–Crippen LogP) is 4.50. The summed E-state index contributed by atoms with van der Waals surface area (Å²) in [5, 5.41) is 14.3. The topological polar surface area (TPSA) is 94.8 Å². The van der Waals surface area contributed by atoms with Crippen molar-refractivity contribution in [3.63, 3.8) is 0 Å². The smallest absolute Gasteiger partial charge is 0.0624 e. The lowest BCUT2D eigenvalue weighted by molar-refractivity contribution is -0.0544. The Bertz CT molecular complexity index is 819. The molecule has 0 bridgehead atoms. The molecule has 0 radical (unpaired) electrons. The summed E-state index contributed by atoms with van der Waals surface area (Å²) < 4.78 is 0. The van der Waals surface area contributed by atoms with Crippen molar-refractivity contribution in [1.29, 1.82) is 0 Å². The number of nitrogens with zero attached hydrogens (tertiary/aromatic N) is 5. The first kappa shape index (κ1) is 19.4. The summed E-state index contributed by atoms with van der Waals surface area (Å²) in [7, 11) is 0. The van der Waals surface area contributed by atoms with Crippen LogP contribution in [0.4, 0.5) is 0 Å². The summed E-state index contributed by atoms with van der Waals surface area (Å²) in [6, 6.07) is 0. The van der Waals surface area contributed by atoms with Gasteiger partial charge >= 0.3 is 0 Å². The van der Waals surface area contributed by atoms with E-state index < -0.39 is 0 Å². The number of aromatic nitrogens is 2. The molecule has 6 heteroatoms. The van der Waals surface area contributed by atoms with Crippen LogP contribution in [-0.4, -0.2) is 28.2 Å². The summed E-state index contributed by atoms with van der Waals surface area (Å²) in [6.45, 7) is 9.76. The maximum atomic E-state index is 10.3. The normalized spacial score (nSPS) is 39.8. The largest absolute Gasteiger partial charge is 0.396 e. The Morgan fingerprint density at radius 3 is 2.71 bits per heavy atom. The van der Waals surface area contributed by atoms with Gasteiger partial charge in [0.25, 0.3) is 0 Å². The summed E-state index contributed by atoms with van der Waals surface area (Å²) >= 11 is 0. The number of aliphatic hydroxyl groups is 1. The van der Waals surface area contributed by atoms with Crippen molar-refractivity contribution in [3.8, 4) is 0 Å². The number of hydrogen-bond acceptors (Lipinski definition) is 4. The maximum absolute atomic E-state index is 10.3. The monoisotopic (exact) mass is 381 g/mol. The van der Waals surface area contributed by atoms with Crippen molar-refractivity contribution in [3.05, 3.63) is 46.4 Å². The number of allylic oxidation sites excluding steroid dienone is 1. The Hall–Kier alpha value is -1.91. The third-order valence-electron chi connectivity index (χ3n) is 8.60. The lowest BCUT2D eigenvalue weighted by atomic mass is 9.49. The van der Waals surface area contributed by atoms with Crippen LogP contribution in [0.5, 0.6) is 0 Å². The molecule has 0 saturated heterocycles. The van der Waals surface area contributed by atoms with Crippen LogP contribution in [0.2, 0.25) is 0 Å². The van der Waals surface area contributed by atoms with Gasteiger partial charge in [0.2, 0.25) is 0 Å². The number of aliphatic hydroxyl groups excluding tert-OH is 1. The molecule has 6 nitrogen and oxygen atoms in total. The highest BCUT2D eigenvalue weighted by Gasteiger charge is 2.56. The molecular weight excluding hydrogens is 350 g/mol. The van der Waals surface area contributed by atoms with Gasteiger partial charge in [0.15, 0.2) is 0 Å². The van der Waals surface area contributed by atoms with Gasteiger partial charge in [-0.05, 0) is 78.6 Å². The number of rotatable bonds is 4. The third-order valence-corrected chi connectivity index (χ3v) is 8.60. The van der Waals surface area contributed by atoms with E-state index in [1.165, 1.54) is 5.57 Å². The van der Waals surface area contributed by atoms with Gasteiger partial charge in [0.05, 0.1) is 11.4 Å². The number of azide groups is 1. The molecule has 4 rings (SSSR count). The molecule has 2 saturated carbocycles. The third kappa shape index (κ3) is 2.85. The van der Waals surface area contributed by atoms with Gasteiger partial charge in [-0.3, -0.25) is 9.97 Å². The van der Waals surface area contributed by atoms with E-state index >= 15 is 0 Å². The van der Waals surface area contributed by atoms with Gasteiger partial charge < -0.3 is 5.11 Å². The van der Waals surface area contributed by atoms with Crippen LogP contribution < -0.4 is 0 Å². The zero-order chi connectivity index (χ0) is 19.9. The minimum absolute atomic E-state index is 0.0708. The van der Waals surface area contributed by atoms with Crippen LogP contribution in [0, 0.1) is 34.5 Å². The molecule has 0 spiro atoms. The lowest BCUT2D eigenvalue weighted by Crippen LogP contribution is -2.52. The maximum Gasteiger partial charge on any atom is 0.0624 e. The van der Waals surface area contributed by atoms with Crippen LogP contribution in [0.15, 0.2) is 29.7 Å². The average Bonchev–Trinajstić information content (AvgIpc) is 3.00. The van der Waals surface area contributed by atoms with Gasteiger partial charge in [0.1, 0.15) is 0 Å². The van der Waals surface area contributed by atoms with Gasteiger partial charge in [-0.15, -0.1) is 0 Å². The molecule has 1 N–H and O–H groups in total. The first-order chi connectivity index (χ1) is 13.4. The zero-order valence-corrected chi connectivity index (χ0v) is 17.0. The summed E-state index contributed by atoms with van der Waals surface area (Å²) in [6.07, 6.45) is 9.56. The highest BCUT2D eigenvalue weighted by Crippen LogP contribution is 2.62. The van der Waals surface area contributed by atoms with Crippen LogP contribution in [0.3, 0.4) is 0 Å². The van der Waals surface area contributed by atoms with Crippen LogP contribution in [0.25, 0.3) is 10.4 Å². The number of hydrogen-bond donors (Lipinski definition) is 1. The van der Waals surface area contributed by atoms with Crippen LogP contribution >= 0.6 is 0 Å². The van der Waals surface area contributed by atoms with Crippen molar-refractivity contribution in [2.24, 2.45) is 39.6 Å². The van der Waals surface area contributed by atoms with E-state index in [1.54, 1.807) is 12.4 Å². The average molecular weight is 382 g/mol. The first-order valence-corrected chi connectivity index (χ1v) is 10.5. The standard InChI is InChI=1S/C22H31N5O/c1-14-4-5-17-16(12-26-27-23)18(6-7-21(14,17)2)22(3)11-20-19(10-15(22)13-28)24-8-9-25-20/h8-9,15-18,28H,1,4-7,10-13H2,2-3H3/t15-,16+,17+,18+,21-,22+/m1/s1. The molecule has 6 atom stereocenters. The quantitative estimate of drug-likeness (QED) is 0.360. The van der Waals surface area contributed by atoms with Crippen molar-refractivity contribution in [1.82, 2.24) is 9.97 Å². The van der Waals surface area contributed by atoms with Crippen molar-refractivity contribution >= 4 is 0 Å². The fraction of sp³-hybridized carbons (Fsp3) is 0.727. The molecule has 150 valence electrons. The van der Waals surface area contributed by atoms with Crippen molar-refractivity contribution in [2.45, 2.75) is 52.4 Å². The van der Waals surface area contributed by atoms with E-state index in [2.05, 4.69) is 40.4 Å². The molecule has 0 unspecified atom stereocenters. The summed E-state index contributed by atoms with van der Waals surface area (Å²) in [5.74, 6) is 1.38. The van der Waals surface area contributed by atoms with Crippen molar-refractivity contribution < 1.29 is 5.11 Å². The lowest BCUT2D eigenvalue weighted by Gasteiger charge is -2.55. The first-order valence-electron chi connectivity index (χ1n) is 10.5. The Kier molecular flexibility index (Phi) is 4.96. The van der Waals surface area contributed by atoms with E-state index in [1.807, 2.05) is 0 Å². The molecule has 3 aliphatic rings. The van der Waals surface area contributed by atoms with E-state index in [9.17, 15) is 5.11 Å². The summed E-state index contributed by atoms with van der Waals surface area (Å²) in [5.41, 5.74) is 12.6. The Labute approximate surface area is 167 Å². The second-order valence-corrected chi connectivity index (χ2v) is 9.60. The fourth-order valence-corrected chi connectivity index (χ4v) is 6.79. The van der Waals surface area contributed by atoms with Gasteiger partial charge in [-0.1, -0.05) is 31.1 Å². The molecule has 1 heterocycles. The minimum atomic E-state index is -0.0708. The zero-order valence-electron chi connectivity index (χ0n) is 17.0. The van der Waals surface area contributed by atoms with Crippen LogP contribution in [-0.2, 0) is 12.8 Å².